The molecule has 1 fully saturated rings. The molecule has 1 aliphatic heterocycles. The zero-order valence-corrected chi connectivity index (χ0v) is 16.7. The monoisotopic (exact) mass is 415 g/mol. The fourth-order valence-corrected chi connectivity index (χ4v) is 3.58. The number of rotatable bonds is 6. The van der Waals surface area contributed by atoms with Crippen molar-refractivity contribution in [2.75, 3.05) is 38.7 Å². The molecule has 0 radical (unpaired) electrons. The van der Waals surface area contributed by atoms with Crippen molar-refractivity contribution < 1.29 is 13.6 Å². The number of carbonyl (C=O) groups excluding carboxylic acids is 1. The minimum absolute atomic E-state index is 0. The number of likely N-dealkylation sites (N-methyl/N-ethyl adjacent to an activating group) is 1. The van der Waals surface area contributed by atoms with Crippen LogP contribution in [0, 0.1) is 11.6 Å². The number of nitrogens with one attached hydrogen (secondary N) is 2. The first kappa shape index (κ1) is 24.4. The van der Waals surface area contributed by atoms with Crippen molar-refractivity contribution in [3.63, 3.8) is 0 Å². The van der Waals surface area contributed by atoms with Crippen LogP contribution in [0.2, 0.25) is 0 Å². The van der Waals surface area contributed by atoms with Crippen LogP contribution in [-0.2, 0) is 4.79 Å². The number of amides is 1. The van der Waals surface area contributed by atoms with Crippen LogP contribution in [0.3, 0.4) is 0 Å². The summed E-state index contributed by atoms with van der Waals surface area (Å²) in [6.45, 7) is 1.08. The van der Waals surface area contributed by atoms with Crippen LogP contribution in [-0.4, -0.2) is 55.5 Å². The molecule has 0 bridgehead atoms. The molecule has 1 aromatic carbocycles. The highest BCUT2D eigenvalue weighted by molar-refractivity contribution is 7.99. The van der Waals surface area contributed by atoms with E-state index < -0.39 is 17.7 Å². The van der Waals surface area contributed by atoms with Gasteiger partial charge in [-0.1, -0.05) is 6.07 Å². The molecule has 144 valence electrons. The minimum Gasteiger partial charge on any atom is -0.354 e. The maximum atomic E-state index is 14.0. The van der Waals surface area contributed by atoms with Gasteiger partial charge in [-0.2, -0.15) is 11.8 Å². The van der Waals surface area contributed by atoms with E-state index in [-0.39, 0.29) is 48.9 Å². The van der Waals surface area contributed by atoms with Gasteiger partial charge in [-0.3, -0.25) is 4.79 Å². The van der Waals surface area contributed by atoms with Gasteiger partial charge < -0.3 is 15.5 Å². The first-order valence-electron chi connectivity index (χ1n) is 7.67. The number of carbonyl (C=O) groups is 1. The molecule has 0 saturated carbocycles. The van der Waals surface area contributed by atoms with Gasteiger partial charge in [0.2, 0.25) is 5.91 Å². The van der Waals surface area contributed by atoms with E-state index in [0.717, 1.165) is 18.1 Å². The molecule has 4 nitrogen and oxygen atoms in total. The van der Waals surface area contributed by atoms with Crippen molar-refractivity contribution in [1.82, 2.24) is 15.5 Å². The van der Waals surface area contributed by atoms with Gasteiger partial charge in [-0.05, 0) is 26.2 Å². The number of thioether (sulfide) groups is 1. The molecule has 1 aliphatic rings. The summed E-state index contributed by atoms with van der Waals surface area (Å²) >= 11 is 1.83. The van der Waals surface area contributed by atoms with E-state index in [1.165, 1.54) is 18.2 Å². The summed E-state index contributed by atoms with van der Waals surface area (Å²) in [6.07, 6.45) is 0.382. The zero-order valence-electron chi connectivity index (χ0n) is 14.3. The Morgan fingerprint density at radius 2 is 2.00 bits per heavy atom. The summed E-state index contributed by atoms with van der Waals surface area (Å²) in [7, 11) is 3.48. The lowest BCUT2D eigenvalue weighted by Gasteiger charge is -2.27. The molecular formula is C16H25Cl2F2N3OS. The maximum absolute atomic E-state index is 14.0. The SMILES string of the molecule is CN(C)C(CNC(=O)CC1CSCCN1)c1c(F)cccc1F.Cl.Cl. The summed E-state index contributed by atoms with van der Waals surface area (Å²) < 4.78 is 27.9. The molecule has 1 amide bonds. The van der Waals surface area contributed by atoms with Crippen LogP contribution >= 0.6 is 36.6 Å². The first-order chi connectivity index (χ1) is 11.0. The third-order valence-corrected chi connectivity index (χ3v) is 5.01. The van der Waals surface area contributed by atoms with Crippen molar-refractivity contribution in [3.8, 4) is 0 Å². The molecule has 1 heterocycles. The molecule has 2 N–H and O–H groups in total. The van der Waals surface area contributed by atoms with Gasteiger partial charge in [-0.25, -0.2) is 8.78 Å². The molecule has 9 heteroatoms. The van der Waals surface area contributed by atoms with E-state index >= 15 is 0 Å². The van der Waals surface area contributed by atoms with Gasteiger partial charge in [0.25, 0.3) is 0 Å². The van der Waals surface area contributed by atoms with Gasteiger partial charge in [-0.15, -0.1) is 24.8 Å². The zero-order chi connectivity index (χ0) is 16.8. The van der Waals surface area contributed by atoms with Crippen molar-refractivity contribution in [2.45, 2.75) is 18.5 Å². The molecule has 0 aliphatic carbocycles. The van der Waals surface area contributed by atoms with Gasteiger partial charge in [0, 0.05) is 42.6 Å². The summed E-state index contributed by atoms with van der Waals surface area (Å²) in [4.78, 5) is 13.8. The lowest BCUT2D eigenvalue weighted by atomic mass is 10.0. The van der Waals surface area contributed by atoms with Crippen molar-refractivity contribution in [2.24, 2.45) is 0 Å². The fraction of sp³-hybridized carbons (Fsp3) is 0.562. The third kappa shape index (κ3) is 7.27. The van der Waals surface area contributed by atoms with Gasteiger partial charge in [0.15, 0.2) is 0 Å². The molecule has 2 rings (SSSR count). The van der Waals surface area contributed by atoms with E-state index in [9.17, 15) is 13.6 Å². The summed E-state index contributed by atoms with van der Waals surface area (Å²) in [5, 5.41) is 6.10. The first-order valence-corrected chi connectivity index (χ1v) is 8.82. The predicted molar refractivity (Wildman–Crippen MR) is 104 cm³/mol. The Kier molecular flexibility index (Phi) is 11.6. The Hall–Kier alpha value is -0.600. The highest BCUT2D eigenvalue weighted by Crippen LogP contribution is 2.24. The molecule has 1 saturated heterocycles. The highest BCUT2D eigenvalue weighted by atomic mass is 35.5. The summed E-state index contributed by atoms with van der Waals surface area (Å²) in [5.74, 6) is 0.681. The second-order valence-corrected chi connectivity index (χ2v) is 7.00. The van der Waals surface area contributed by atoms with E-state index in [2.05, 4.69) is 10.6 Å². The van der Waals surface area contributed by atoms with Crippen molar-refractivity contribution in [1.29, 1.82) is 0 Å². The summed E-state index contributed by atoms with van der Waals surface area (Å²) in [5.41, 5.74) is -0.0100. The average Bonchev–Trinajstić information content (AvgIpc) is 2.50. The lowest BCUT2D eigenvalue weighted by Crippen LogP contribution is -2.42. The van der Waals surface area contributed by atoms with Gasteiger partial charge in [0.1, 0.15) is 11.6 Å². The quantitative estimate of drug-likeness (QED) is 0.749. The van der Waals surface area contributed by atoms with Crippen LogP contribution in [0.4, 0.5) is 8.78 Å². The molecule has 2 atom stereocenters. The van der Waals surface area contributed by atoms with Crippen LogP contribution < -0.4 is 10.6 Å². The van der Waals surface area contributed by atoms with Crippen LogP contribution in [0.25, 0.3) is 0 Å². The van der Waals surface area contributed by atoms with E-state index in [0.29, 0.717) is 6.42 Å². The van der Waals surface area contributed by atoms with E-state index in [1.54, 1.807) is 19.0 Å². The van der Waals surface area contributed by atoms with Gasteiger partial charge in [0.05, 0.1) is 6.04 Å². The smallest absolute Gasteiger partial charge is 0.221 e. The van der Waals surface area contributed by atoms with Crippen LogP contribution in [0.5, 0.6) is 0 Å². The Balaban J connectivity index is 0.00000288. The second-order valence-electron chi connectivity index (χ2n) is 5.85. The Morgan fingerprint density at radius 1 is 1.36 bits per heavy atom. The van der Waals surface area contributed by atoms with Crippen LogP contribution in [0.15, 0.2) is 18.2 Å². The topological polar surface area (TPSA) is 44.4 Å². The largest absolute Gasteiger partial charge is 0.354 e. The van der Waals surface area contributed by atoms with Crippen LogP contribution in [0.1, 0.15) is 18.0 Å². The normalized spacial score (nSPS) is 18.0. The van der Waals surface area contributed by atoms with Gasteiger partial charge >= 0.3 is 0 Å². The molecule has 1 aromatic rings. The molecule has 2 unspecified atom stereocenters. The number of nitrogens with zero attached hydrogens (tertiary/aromatic N) is 1. The Labute approximate surface area is 164 Å². The Morgan fingerprint density at radius 3 is 2.52 bits per heavy atom. The lowest BCUT2D eigenvalue weighted by molar-refractivity contribution is -0.121. The number of hydrogen-bond donors (Lipinski definition) is 2. The number of hydrogen-bond acceptors (Lipinski definition) is 4. The van der Waals surface area contributed by atoms with E-state index in [4.69, 9.17) is 0 Å². The molecule has 0 spiro atoms. The highest BCUT2D eigenvalue weighted by Gasteiger charge is 2.23. The van der Waals surface area contributed by atoms with E-state index in [1.807, 2.05) is 11.8 Å². The molecule has 0 aromatic heterocycles. The fourth-order valence-electron chi connectivity index (χ4n) is 2.63. The second kappa shape index (κ2) is 11.9. The van der Waals surface area contributed by atoms with Crippen molar-refractivity contribution in [3.05, 3.63) is 35.4 Å². The number of benzene rings is 1. The standard InChI is InChI=1S/C16H23F2N3OS.2ClH/c1-21(2)14(16-12(17)4-3-5-13(16)18)9-20-15(22)8-11-10-23-7-6-19-11;;/h3-5,11,14,19H,6-10H2,1-2H3,(H,20,22);2*1H. The number of halogens is 4. The maximum Gasteiger partial charge on any atom is 0.221 e. The third-order valence-electron chi connectivity index (χ3n) is 3.88. The minimum atomic E-state index is -0.594. The predicted octanol–water partition coefficient (Wildman–Crippen LogP) is 2.62. The summed E-state index contributed by atoms with van der Waals surface area (Å²) in [6, 6.07) is 3.43. The van der Waals surface area contributed by atoms with Crippen molar-refractivity contribution >= 4 is 42.5 Å². The Bertz CT molecular complexity index is 526. The molecular weight excluding hydrogens is 391 g/mol. The average molecular weight is 416 g/mol. The molecule has 25 heavy (non-hydrogen) atoms.